The summed E-state index contributed by atoms with van der Waals surface area (Å²) in [5.74, 6) is -0.943. The summed E-state index contributed by atoms with van der Waals surface area (Å²) in [6.45, 7) is 10.6. The van der Waals surface area contributed by atoms with E-state index in [-0.39, 0.29) is 29.8 Å². The summed E-state index contributed by atoms with van der Waals surface area (Å²) in [6, 6.07) is -0.549. The largest absolute Gasteiger partial charge is 0.449 e. The first-order valence-electron chi connectivity index (χ1n) is 12.4. The maximum atomic E-state index is 13.2. The lowest BCUT2D eigenvalue weighted by atomic mass is 9.72. The van der Waals surface area contributed by atoms with Crippen LogP contribution in [0.4, 0.5) is 0 Å². The van der Waals surface area contributed by atoms with E-state index in [2.05, 4.69) is 10.3 Å². The van der Waals surface area contributed by atoms with Crippen molar-refractivity contribution in [2.75, 3.05) is 0 Å². The van der Waals surface area contributed by atoms with E-state index in [0.717, 1.165) is 19.3 Å². The number of nitrogens with one attached hydrogen (secondary N) is 1. The maximum Gasteiger partial charge on any atom is 0.223 e. The van der Waals surface area contributed by atoms with Gasteiger partial charge in [-0.3, -0.25) is 9.59 Å². The summed E-state index contributed by atoms with van der Waals surface area (Å²) in [4.78, 5) is 30.4. The van der Waals surface area contributed by atoms with Gasteiger partial charge in [0, 0.05) is 24.3 Å². The minimum atomic E-state index is -1.23. The standard InChI is InChI=1S/C26H39ClN2O6/c1-14-8-7-9-26(6)21(35-26)11-19(18(27)10-17-13-34-16(3)28-17)29-22(31)12-20(30)25(4,5)24(33)15(2)23(14)32/h10,13-15,19-21,23,30,32H,7-9,11-12H2,1-6H3,(H,29,31)/t14-,15?,19?,20?,21?,23?,26?/m0/s1. The average molecular weight is 511 g/mol. The Morgan fingerprint density at radius 3 is 2.57 bits per heavy atom. The van der Waals surface area contributed by atoms with Crippen LogP contribution in [0.2, 0.25) is 0 Å². The third kappa shape index (κ3) is 6.53. The van der Waals surface area contributed by atoms with E-state index in [0.29, 0.717) is 23.0 Å². The second kappa shape index (κ2) is 10.7. The highest BCUT2D eigenvalue weighted by Gasteiger charge is 2.52. The van der Waals surface area contributed by atoms with Crippen molar-refractivity contribution < 1.29 is 29.0 Å². The van der Waals surface area contributed by atoms with E-state index in [4.69, 9.17) is 20.8 Å². The quantitative estimate of drug-likeness (QED) is 0.517. The number of carbonyl (C=O) groups is 2. The van der Waals surface area contributed by atoms with Gasteiger partial charge in [0.2, 0.25) is 5.91 Å². The molecular formula is C26H39ClN2O6. The van der Waals surface area contributed by atoms with E-state index >= 15 is 0 Å². The SMILES string of the molecule is Cc1nc(C=C(Cl)C2CC3OC3(C)CCC[C@H](C)C(O)C(C)C(=O)C(C)(C)C(O)CC(=O)N2)co1. The van der Waals surface area contributed by atoms with Crippen molar-refractivity contribution in [1.29, 1.82) is 0 Å². The summed E-state index contributed by atoms with van der Waals surface area (Å²) < 4.78 is 11.3. The fraction of sp³-hybridized carbons (Fsp3) is 0.731. The molecule has 0 bridgehead atoms. The van der Waals surface area contributed by atoms with Crippen molar-refractivity contribution >= 4 is 29.4 Å². The van der Waals surface area contributed by atoms with Crippen LogP contribution < -0.4 is 5.32 Å². The number of amides is 1. The Kier molecular flexibility index (Phi) is 8.52. The number of carbonyl (C=O) groups excluding carboxylic acids is 2. The van der Waals surface area contributed by atoms with Crippen LogP contribution in [0.3, 0.4) is 0 Å². The molecule has 0 aliphatic carbocycles. The van der Waals surface area contributed by atoms with Crippen LogP contribution in [0.15, 0.2) is 15.7 Å². The molecule has 3 rings (SSSR count). The Hall–Kier alpha value is -1.74. The van der Waals surface area contributed by atoms with Crippen LogP contribution in [0.25, 0.3) is 6.08 Å². The lowest BCUT2D eigenvalue weighted by molar-refractivity contribution is -0.143. The number of rotatable bonds is 2. The topological polar surface area (TPSA) is 125 Å². The zero-order valence-electron chi connectivity index (χ0n) is 21.5. The van der Waals surface area contributed by atoms with Crippen LogP contribution in [0.5, 0.6) is 0 Å². The highest BCUT2D eigenvalue weighted by atomic mass is 35.5. The molecule has 2 fully saturated rings. The van der Waals surface area contributed by atoms with Crippen molar-refractivity contribution in [2.24, 2.45) is 17.3 Å². The number of ether oxygens (including phenoxy) is 1. The van der Waals surface area contributed by atoms with Crippen molar-refractivity contribution in [3.05, 3.63) is 22.9 Å². The number of Topliss-reactive ketones (excluding diaryl/α,β-unsaturated/α-hetero) is 1. The fourth-order valence-corrected chi connectivity index (χ4v) is 5.24. The molecule has 0 spiro atoms. The van der Waals surface area contributed by atoms with Crippen molar-refractivity contribution in [1.82, 2.24) is 10.3 Å². The van der Waals surface area contributed by atoms with Gasteiger partial charge in [-0.15, -0.1) is 0 Å². The fourth-order valence-electron chi connectivity index (χ4n) is 4.98. The lowest BCUT2D eigenvalue weighted by Gasteiger charge is -2.34. The molecule has 3 N–H and O–H groups in total. The number of aryl methyl sites for hydroxylation is 1. The second-order valence-corrected chi connectivity index (χ2v) is 11.5. The van der Waals surface area contributed by atoms with E-state index in [1.54, 1.807) is 33.8 Å². The summed E-state index contributed by atoms with van der Waals surface area (Å²) in [5.41, 5.74) is -1.00. The molecule has 2 aliphatic heterocycles. The molecule has 35 heavy (non-hydrogen) atoms. The van der Waals surface area contributed by atoms with E-state index in [1.165, 1.54) is 6.26 Å². The second-order valence-electron chi connectivity index (χ2n) is 11.1. The van der Waals surface area contributed by atoms with Crippen LogP contribution in [0.1, 0.15) is 78.3 Å². The number of aromatic nitrogens is 1. The molecule has 1 aromatic heterocycles. The van der Waals surface area contributed by atoms with E-state index in [9.17, 15) is 19.8 Å². The molecule has 2 saturated heterocycles. The number of ketones is 1. The van der Waals surface area contributed by atoms with Crippen molar-refractivity contribution in [3.63, 3.8) is 0 Å². The minimum absolute atomic E-state index is 0.0880. The first kappa shape index (κ1) is 27.8. The van der Waals surface area contributed by atoms with Crippen LogP contribution >= 0.6 is 11.6 Å². The van der Waals surface area contributed by atoms with Gasteiger partial charge in [-0.25, -0.2) is 4.98 Å². The molecule has 1 amide bonds. The number of hydrogen-bond acceptors (Lipinski definition) is 7. The smallest absolute Gasteiger partial charge is 0.223 e. The Morgan fingerprint density at radius 2 is 1.94 bits per heavy atom. The van der Waals surface area contributed by atoms with Gasteiger partial charge in [0.25, 0.3) is 0 Å². The van der Waals surface area contributed by atoms with Gasteiger partial charge in [-0.05, 0) is 31.8 Å². The number of halogens is 1. The van der Waals surface area contributed by atoms with Gasteiger partial charge in [-0.2, -0.15) is 0 Å². The third-order valence-electron chi connectivity index (χ3n) is 7.76. The van der Waals surface area contributed by atoms with Gasteiger partial charge in [-0.1, -0.05) is 45.7 Å². The summed E-state index contributed by atoms with van der Waals surface area (Å²) in [7, 11) is 0. The summed E-state index contributed by atoms with van der Waals surface area (Å²) in [5, 5.41) is 25.0. The van der Waals surface area contributed by atoms with Crippen molar-refractivity contribution in [3.8, 4) is 0 Å². The lowest BCUT2D eigenvalue weighted by Crippen LogP contribution is -2.47. The third-order valence-corrected chi connectivity index (χ3v) is 8.14. The Labute approximate surface area is 212 Å². The molecular weight excluding hydrogens is 472 g/mol. The number of hydrogen-bond donors (Lipinski definition) is 3. The number of fused-ring (bicyclic) bond motifs is 1. The highest BCUT2D eigenvalue weighted by Crippen LogP contribution is 2.44. The molecule has 6 unspecified atom stereocenters. The molecule has 0 radical (unpaired) electrons. The number of aliphatic hydroxyl groups is 2. The summed E-state index contributed by atoms with van der Waals surface area (Å²) >= 11 is 6.63. The number of aliphatic hydroxyl groups excluding tert-OH is 2. The van der Waals surface area contributed by atoms with Gasteiger partial charge in [0.1, 0.15) is 17.7 Å². The first-order valence-corrected chi connectivity index (χ1v) is 12.8. The van der Waals surface area contributed by atoms with E-state index < -0.39 is 35.5 Å². The summed E-state index contributed by atoms with van der Waals surface area (Å²) in [6.07, 6.45) is 3.56. The van der Waals surface area contributed by atoms with Crippen molar-refractivity contribution in [2.45, 2.75) is 104 Å². The predicted octanol–water partition coefficient (Wildman–Crippen LogP) is 3.76. The first-order chi connectivity index (χ1) is 16.2. The zero-order valence-corrected chi connectivity index (χ0v) is 22.3. The van der Waals surface area contributed by atoms with Crippen LogP contribution in [0, 0.1) is 24.2 Å². The predicted molar refractivity (Wildman–Crippen MR) is 132 cm³/mol. The van der Waals surface area contributed by atoms with Crippen LogP contribution in [-0.4, -0.2) is 56.8 Å². The van der Waals surface area contributed by atoms with Crippen LogP contribution in [-0.2, 0) is 14.3 Å². The maximum absolute atomic E-state index is 13.2. The Balaban J connectivity index is 1.85. The molecule has 9 heteroatoms. The number of oxazole rings is 1. The molecule has 1 aromatic rings. The molecule has 2 aliphatic rings. The monoisotopic (exact) mass is 510 g/mol. The average Bonchev–Trinajstić information content (AvgIpc) is 3.22. The number of nitrogens with zero attached hydrogens (tertiary/aromatic N) is 1. The molecule has 3 heterocycles. The van der Waals surface area contributed by atoms with Gasteiger partial charge >= 0.3 is 0 Å². The van der Waals surface area contributed by atoms with Gasteiger partial charge in [0.05, 0.1) is 41.8 Å². The molecule has 0 aromatic carbocycles. The normalized spacial score (nSPS) is 37.5. The Bertz CT molecular complexity index is 959. The van der Waals surface area contributed by atoms with E-state index in [1.807, 2.05) is 13.8 Å². The molecule has 196 valence electrons. The molecule has 8 nitrogen and oxygen atoms in total. The zero-order chi connectivity index (χ0) is 26.1. The Morgan fingerprint density at radius 1 is 1.26 bits per heavy atom. The number of epoxide rings is 1. The molecule has 0 saturated carbocycles. The molecule has 7 atom stereocenters. The highest BCUT2D eigenvalue weighted by molar-refractivity contribution is 6.32. The van der Waals surface area contributed by atoms with Gasteiger partial charge < -0.3 is 24.7 Å². The minimum Gasteiger partial charge on any atom is -0.449 e. The van der Waals surface area contributed by atoms with Gasteiger partial charge in [0.15, 0.2) is 5.89 Å².